The van der Waals surface area contributed by atoms with Gasteiger partial charge in [0.05, 0.1) is 18.6 Å². The monoisotopic (exact) mass is 286 g/mol. The zero-order valence-corrected chi connectivity index (χ0v) is 14.4. The lowest BCUT2D eigenvalue weighted by atomic mass is 10.0. The Morgan fingerprint density at radius 1 is 1.26 bits per heavy atom. The van der Waals surface area contributed by atoms with Crippen LogP contribution in [0.25, 0.3) is 0 Å². The van der Waals surface area contributed by atoms with Crippen LogP contribution in [0.15, 0.2) is 0 Å². The first kappa shape index (κ1) is 16.7. The van der Waals surface area contributed by atoms with Crippen molar-refractivity contribution in [2.75, 3.05) is 6.61 Å². The van der Waals surface area contributed by atoms with Crippen molar-refractivity contribution in [1.29, 1.82) is 0 Å². The molecular formula is C15H30O3Si. The Bertz CT molecular complexity index is 307. The number of hydrogen-bond donors (Lipinski definition) is 0. The first-order valence-corrected chi connectivity index (χ1v) is 10.6. The lowest BCUT2D eigenvalue weighted by Gasteiger charge is -2.34. The third-order valence-electron chi connectivity index (χ3n) is 3.47. The standard InChI is InChI=1S/C15H30O3Si/c1-7-17-14(16)12-9-8-10-13(12)18-19(5,6)11-15(2,3)4/h12-13H,7-11H2,1-6H3/t12-,13+/m1/s1. The van der Waals surface area contributed by atoms with Crippen LogP contribution in [0.5, 0.6) is 0 Å². The minimum absolute atomic E-state index is 0.0355. The molecule has 112 valence electrons. The van der Waals surface area contributed by atoms with Gasteiger partial charge < -0.3 is 9.16 Å². The molecule has 0 saturated heterocycles. The Labute approximate surface area is 119 Å². The van der Waals surface area contributed by atoms with Crippen LogP contribution in [0.1, 0.15) is 47.0 Å². The normalized spacial score (nSPS) is 24.5. The van der Waals surface area contributed by atoms with Gasteiger partial charge >= 0.3 is 5.97 Å². The molecule has 1 rings (SSSR count). The smallest absolute Gasteiger partial charge is 0.311 e. The number of ether oxygens (including phenoxy) is 1. The van der Waals surface area contributed by atoms with Gasteiger partial charge in [-0.1, -0.05) is 20.8 Å². The topological polar surface area (TPSA) is 35.5 Å². The van der Waals surface area contributed by atoms with Crippen LogP contribution in [-0.2, 0) is 14.0 Å². The van der Waals surface area contributed by atoms with Crippen molar-refractivity contribution in [3.05, 3.63) is 0 Å². The van der Waals surface area contributed by atoms with E-state index >= 15 is 0 Å². The largest absolute Gasteiger partial charge is 0.466 e. The molecule has 0 aromatic rings. The van der Waals surface area contributed by atoms with E-state index in [2.05, 4.69) is 33.9 Å². The van der Waals surface area contributed by atoms with Crippen molar-refractivity contribution >= 4 is 14.3 Å². The Morgan fingerprint density at radius 2 is 1.89 bits per heavy atom. The SMILES string of the molecule is CCOC(=O)[C@@H]1CCC[C@@H]1O[Si](C)(C)CC(C)(C)C. The molecule has 2 atom stereocenters. The predicted octanol–water partition coefficient (Wildman–Crippen LogP) is 3.99. The van der Waals surface area contributed by atoms with E-state index in [0.717, 1.165) is 25.3 Å². The van der Waals surface area contributed by atoms with E-state index in [4.69, 9.17) is 9.16 Å². The third-order valence-corrected chi connectivity index (χ3v) is 6.32. The van der Waals surface area contributed by atoms with Crippen molar-refractivity contribution in [3.8, 4) is 0 Å². The highest BCUT2D eigenvalue weighted by molar-refractivity contribution is 6.71. The molecule has 1 aliphatic rings. The Kier molecular flexibility index (Phi) is 5.62. The zero-order valence-electron chi connectivity index (χ0n) is 13.4. The molecule has 0 radical (unpaired) electrons. The fourth-order valence-electron chi connectivity index (χ4n) is 3.31. The molecule has 4 heteroatoms. The molecule has 0 heterocycles. The van der Waals surface area contributed by atoms with E-state index < -0.39 is 8.32 Å². The predicted molar refractivity (Wildman–Crippen MR) is 80.6 cm³/mol. The maximum atomic E-state index is 11.9. The van der Waals surface area contributed by atoms with Crippen LogP contribution in [0.4, 0.5) is 0 Å². The van der Waals surface area contributed by atoms with Gasteiger partial charge in [0.1, 0.15) is 0 Å². The van der Waals surface area contributed by atoms with Gasteiger partial charge in [0.25, 0.3) is 0 Å². The second-order valence-electron chi connectivity index (χ2n) is 7.44. The average molecular weight is 286 g/mol. The fraction of sp³-hybridized carbons (Fsp3) is 0.933. The molecule has 0 bridgehead atoms. The molecule has 0 aliphatic heterocycles. The lowest BCUT2D eigenvalue weighted by molar-refractivity contribution is -0.150. The van der Waals surface area contributed by atoms with E-state index in [1.165, 1.54) is 0 Å². The Balaban J connectivity index is 2.61. The van der Waals surface area contributed by atoms with Crippen LogP contribution in [0.3, 0.4) is 0 Å². The van der Waals surface area contributed by atoms with E-state index in [-0.39, 0.29) is 23.4 Å². The van der Waals surface area contributed by atoms with Crippen LogP contribution < -0.4 is 0 Å². The van der Waals surface area contributed by atoms with Crippen LogP contribution in [-0.4, -0.2) is 27.0 Å². The second-order valence-corrected chi connectivity index (χ2v) is 11.6. The van der Waals surface area contributed by atoms with Crippen LogP contribution in [0.2, 0.25) is 19.1 Å². The molecule has 3 nitrogen and oxygen atoms in total. The van der Waals surface area contributed by atoms with Gasteiger partial charge in [-0.2, -0.15) is 0 Å². The van der Waals surface area contributed by atoms with Gasteiger partial charge in [-0.05, 0) is 50.7 Å². The number of carbonyl (C=O) groups excluding carboxylic acids is 1. The molecule has 0 unspecified atom stereocenters. The molecule has 0 aromatic heterocycles. The summed E-state index contributed by atoms with van der Waals surface area (Å²) in [5.41, 5.74) is 0.285. The Morgan fingerprint density at radius 3 is 2.42 bits per heavy atom. The quantitative estimate of drug-likeness (QED) is 0.566. The average Bonchev–Trinajstić information content (AvgIpc) is 2.61. The van der Waals surface area contributed by atoms with E-state index in [1.807, 2.05) is 6.92 Å². The lowest BCUT2D eigenvalue weighted by Crippen LogP contribution is -2.41. The summed E-state index contributed by atoms with van der Waals surface area (Å²) >= 11 is 0. The number of carbonyl (C=O) groups is 1. The van der Waals surface area contributed by atoms with Gasteiger partial charge in [0.2, 0.25) is 0 Å². The molecule has 0 amide bonds. The summed E-state index contributed by atoms with van der Waals surface area (Å²) in [6, 6.07) is 1.12. The first-order chi connectivity index (χ1) is 8.64. The van der Waals surface area contributed by atoms with Gasteiger partial charge in [-0.3, -0.25) is 4.79 Å². The van der Waals surface area contributed by atoms with Crippen molar-refractivity contribution in [3.63, 3.8) is 0 Å². The van der Waals surface area contributed by atoms with Crippen LogP contribution >= 0.6 is 0 Å². The van der Waals surface area contributed by atoms with Crippen molar-refractivity contribution in [2.45, 2.75) is 72.2 Å². The highest BCUT2D eigenvalue weighted by Gasteiger charge is 2.40. The summed E-state index contributed by atoms with van der Waals surface area (Å²) in [5, 5.41) is 0. The maximum Gasteiger partial charge on any atom is 0.311 e. The Hall–Kier alpha value is -0.353. The summed E-state index contributed by atoms with van der Waals surface area (Å²) in [4.78, 5) is 11.9. The van der Waals surface area contributed by atoms with Crippen molar-refractivity contribution < 1.29 is 14.0 Å². The first-order valence-electron chi connectivity index (χ1n) is 7.49. The summed E-state index contributed by atoms with van der Waals surface area (Å²) < 4.78 is 11.6. The van der Waals surface area contributed by atoms with Crippen LogP contribution in [0, 0.1) is 11.3 Å². The number of esters is 1. The highest BCUT2D eigenvalue weighted by Crippen LogP contribution is 2.35. The molecule has 1 fully saturated rings. The van der Waals surface area contributed by atoms with Crippen molar-refractivity contribution in [1.82, 2.24) is 0 Å². The summed E-state index contributed by atoms with van der Waals surface area (Å²) in [7, 11) is -1.72. The van der Waals surface area contributed by atoms with Crippen molar-refractivity contribution in [2.24, 2.45) is 11.3 Å². The second kappa shape index (κ2) is 6.40. The van der Waals surface area contributed by atoms with Gasteiger partial charge in [-0.15, -0.1) is 0 Å². The number of hydrogen-bond acceptors (Lipinski definition) is 3. The molecule has 0 aromatic carbocycles. The summed E-state index contributed by atoms with van der Waals surface area (Å²) in [5.74, 6) is -0.0998. The van der Waals surface area contributed by atoms with E-state index in [9.17, 15) is 4.79 Å². The molecular weight excluding hydrogens is 256 g/mol. The highest BCUT2D eigenvalue weighted by atomic mass is 28.4. The van der Waals surface area contributed by atoms with E-state index in [0.29, 0.717) is 6.61 Å². The van der Waals surface area contributed by atoms with Gasteiger partial charge in [0.15, 0.2) is 8.32 Å². The number of rotatable bonds is 5. The molecule has 1 aliphatic carbocycles. The maximum absolute atomic E-state index is 11.9. The van der Waals surface area contributed by atoms with Gasteiger partial charge in [0, 0.05) is 0 Å². The third kappa shape index (κ3) is 5.65. The summed E-state index contributed by atoms with van der Waals surface area (Å²) in [6.07, 6.45) is 3.09. The minimum atomic E-state index is -1.72. The fourth-order valence-corrected chi connectivity index (χ4v) is 7.05. The molecule has 1 saturated carbocycles. The summed E-state index contributed by atoms with van der Waals surface area (Å²) in [6.45, 7) is 13.6. The minimum Gasteiger partial charge on any atom is -0.466 e. The van der Waals surface area contributed by atoms with E-state index in [1.54, 1.807) is 0 Å². The van der Waals surface area contributed by atoms with Gasteiger partial charge in [-0.25, -0.2) is 0 Å². The molecule has 0 N–H and O–H groups in total. The zero-order chi connectivity index (χ0) is 14.7. The molecule has 0 spiro atoms. The molecule has 19 heavy (non-hydrogen) atoms.